The summed E-state index contributed by atoms with van der Waals surface area (Å²) in [5.74, 6) is 0.619. The first kappa shape index (κ1) is 11.5. The van der Waals surface area contributed by atoms with Gasteiger partial charge >= 0.3 is 0 Å². The molecule has 0 spiro atoms. The SMILES string of the molecule is CC(=O)NCCNc1ncnc(N)c1Cl. The Morgan fingerprint density at radius 2 is 2.27 bits per heavy atom. The van der Waals surface area contributed by atoms with Crippen molar-refractivity contribution in [3.8, 4) is 0 Å². The highest BCUT2D eigenvalue weighted by Crippen LogP contribution is 2.22. The second kappa shape index (κ2) is 5.35. The predicted octanol–water partition coefficient (Wildman–Crippen LogP) is 0.260. The topological polar surface area (TPSA) is 92.9 Å². The van der Waals surface area contributed by atoms with Crippen LogP contribution in [0.5, 0.6) is 0 Å². The summed E-state index contributed by atoms with van der Waals surface area (Å²) in [6, 6.07) is 0. The number of rotatable bonds is 4. The van der Waals surface area contributed by atoms with Gasteiger partial charge < -0.3 is 16.4 Å². The normalized spacial score (nSPS) is 9.73. The molecule has 1 aromatic heterocycles. The second-order valence-corrected chi connectivity index (χ2v) is 3.21. The third-order valence-corrected chi connectivity index (χ3v) is 1.98. The lowest BCUT2D eigenvalue weighted by molar-refractivity contribution is -0.118. The summed E-state index contributed by atoms with van der Waals surface area (Å²) in [4.78, 5) is 18.2. The van der Waals surface area contributed by atoms with Gasteiger partial charge in [-0.25, -0.2) is 9.97 Å². The maximum Gasteiger partial charge on any atom is 0.216 e. The highest BCUT2D eigenvalue weighted by atomic mass is 35.5. The zero-order valence-electron chi connectivity index (χ0n) is 8.25. The van der Waals surface area contributed by atoms with Crippen LogP contribution in [-0.2, 0) is 4.79 Å². The molecule has 0 fully saturated rings. The molecule has 0 radical (unpaired) electrons. The van der Waals surface area contributed by atoms with E-state index < -0.39 is 0 Å². The van der Waals surface area contributed by atoms with Gasteiger partial charge in [0.1, 0.15) is 17.2 Å². The van der Waals surface area contributed by atoms with Gasteiger partial charge in [0, 0.05) is 20.0 Å². The molecule has 0 unspecified atom stereocenters. The molecule has 0 aliphatic carbocycles. The Morgan fingerprint density at radius 3 is 2.93 bits per heavy atom. The molecule has 4 N–H and O–H groups in total. The Labute approximate surface area is 92.2 Å². The molecule has 0 atom stereocenters. The van der Waals surface area contributed by atoms with Gasteiger partial charge in [0.05, 0.1) is 0 Å². The van der Waals surface area contributed by atoms with Crippen LogP contribution >= 0.6 is 11.6 Å². The fraction of sp³-hybridized carbons (Fsp3) is 0.375. The Balaban J connectivity index is 2.44. The summed E-state index contributed by atoms with van der Waals surface area (Å²) >= 11 is 5.83. The van der Waals surface area contributed by atoms with Crippen molar-refractivity contribution in [3.63, 3.8) is 0 Å². The summed E-state index contributed by atoms with van der Waals surface area (Å²) in [5, 5.41) is 5.85. The molecule has 0 saturated heterocycles. The highest BCUT2D eigenvalue weighted by Gasteiger charge is 2.04. The number of nitrogen functional groups attached to an aromatic ring is 1. The van der Waals surface area contributed by atoms with Gasteiger partial charge in [-0.15, -0.1) is 0 Å². The number of hydrogen-bond acceptors (Lipinski definition) is 5. The lowest BCUT2D eigenvalue weighted by atomic mass is 10.5. The third-order valence-electron chi connectivity index (χ3n) is 1.61. The van der Waals surface area contributed by atoms with E-state index in [1.165, 1.54) is 13.3 Å². The lowest BCUT2D eigenvalue weighted by Gasteiger charge is -2.07. The number of aromatic nitrogens is 2. The van der Waals surface area contributed by atoms with E-state index in [1.54, 1.807) is 0 Å². The van der Waals surface area contributed by atoms with Crippen LogP contribution in [0, 0.1) is 0 Å². The first-order chi connectivity index (χ1) is 7.11. The maximum absolute atomic E-state index is 10.6. The van der Waals surface area contributed by atoms with Gasteiger partial charge in [0.15, 0.2) is 5.82 Å². The molecule has 15 heavy (non-hydrogen) atoms. The van der Waals surface area contributed by atoms with Gasteiger partial charge in [0.25, 0.3) is 0 Å². The number of halogens is 1. The van der Waals surface area contributed by atoms with E-state index in [0.29, 0.717) is 23.9 Å². The minimum absolute atomic E-state index is 0.0786. The van der Waals surface area contributed by atoms with E-state index >= 15 is 0 Å². The highest BCUT2D eigenvalue weighted by molar-refractivity contribution is 6.35. The molecule has 0 bridgehead atoms. The number of nitrogens with zero attached hydrogens (tertiary/aromatic N) is 2. The first-order valence-corrected chi connectivity index (χ1v) is 4.73. The Hall–Kier alpha value is -1.56. The van der Waals surface area contributed by atoms with Gasteiger partial charge in [0.2, 0.25) is 5.91 Å². The molecule has 0 aromatic carbocycles. The van der Waals surface area contributed by atoms with Gasteiger partial charge in [-0.3, -0.25) is 4.79 Å². The predicted molar refractivity (Wildman–Crippen MR) is 58.6 cm³/mol. The van der Waals surface area contributed by atoms with E-state index in [9.17, 15) is 4.79 Å². The fourth-order valence-corrected chi connectivity index (χ4v) is 1.09. The molecule has 6 nitrogen and oxygen atoms in total. The molecule has 1 heterocycles. The molecule has 1 amide bonds. The van der Waals surface area contributed by atoms with Crippen LogP contribution in [0.15, 0.2) is 6.33 Å². The standard InChI is InChI=1S/C8H12ClN5O/c1-5(15)11-2-3-12-8-6(9)7(10)13-4-14-8/h4H,2-3H2,1H3,(H,11,15)(H3,10,12,13,14). The Bertz CT molecular complexity index is 357. The summed E-state index contributed by atoms with van der Waals surface area (Å²) < 4.78 is 0. The van der Waals surface area contributed by atoms with Crippen LogP contribution in [0.1, 0.15) is 6.92 Å². The lowest BCUT2D eigenvalue weighted by Crippen LogP contribution is -2.26. The van der Waals surface area contributed by atoms with Crippen LogP contribution in [0.4, 0.5) is 11.6 Å². The summed E-state index contributed by atoms with van der Waals surface area (Å²) in [7, 11) is 0. The maximum atomic E-state index is 10.6. The van der Waals surface area contributed by atoms with Crippen molar-refractivity contribution in [2.24, 2.45) is 0 Å². The molecular formula is C8H12ClN5O. The van der Waals surface area contributed by atoms with E-state index in [4.69, 9.17) is 17.3 Å². The number of carbonyl (C=O) groups is 1. The molecule has 1 aromatic rings. The average molecular weight is 230 g/mol. The fourth-order valence-electron chi connectivity index (χ4n) is 0.926. The summed E-state index contributed by atoms with van der Waals surface area (Å²) in [6.07, 6.45) is 1.32. The minimum atomic E-state index is -0.0786. The van der Waals surface area contributed by atoms with Crippen molar-refractivity contribution in [2.75, 3.05) is 24.1 Å². The first-order valence-electron chi connectivity index (χ1n) is 4.35. The largest absolute Gasteiger partial charge is 0.382 e. The number of hydrogen-bond donors (Lipinski definition) is 3. The quantitative estimate of drug-likeness (QED) is 0.644. The van der Waals surface area contributed by atoms with Crippen LogP contribution in [0.25, 0.3) is 0 Å². The van der Waals surface area contributed by atoms with E-state index in [2.05, 4.69) is 20.6 Å². The average Bonchev–Trinajstić information content (AvgIpc) is 2.18. The zero-order valence-corrected chi connectivity index (χ0v) is 9.01. The number of anilines is 2. The monoisotopic (exact) mass is 229 g/mol. The van der Waals surface area contributed by atoms with Crippen molar-refractivity contribution < 1.29 is 4.79 Å². The number of amides is 1. The van der Waals surface area contributed by atoms with Crippen molar-refractivity contribution in [1.82, 2.24) is 15.3 Å². The van der Waals surface area contributed by atoms with E-state index in [-0.39, 0.29) is 11.7 Å². The molecule has 0 saturated carbocycles. The summed E-state index contributed by atoms with van der Waals surface area (Å²) in [5.41, 5.74) is 5.48. The van der Waals surface area contributed by atoms with E-state index in [0.717, 1.165) is 0 Å². The minimum Gasteiger partial charge on any atom is -0.382 e. The van der Waals surface area contributed by atoms with Crippen molar-refractivity contribution in [2.45, 2.75) is 6.92 Å². The van der Waals surface area contributed by atoms with E-state index in [1.807, 2.05) is 0 Å². The van der Waals surface area contributed by atoms with Crippen LogP contribution in [0.3, 0.4) is 0 Å². The molecule has 82 valence electrons. The Morgan fingerprint density at radius 1 is 1.53 bits per heavy atom. The van der Waals surface area contributed by atoms with Gasteiger partial charge in [-0.05, 0) is 0 Å². The number of nitrogens with two attached hydrogens (primary N) is 1. The van der Waals surface area contributed by atoms with Crippen molar-refractivity contribution in [1.29, 1.82) is 0 Å². The van der Waals surface area contributed by atoms with Gasteiger partial charge in [-0.1, -0.05) is 11.6 Å². The third kappa shape index (κ3) is 3.59. The number of nitrogens with one attached hydrogen (secondary N) is 2. The van der Waals surface area contributed by atoms with Gasteiger partial charge in [-0.2, -0.15) is 0 Å². The molecule has 0 aliphatic heterocycles. The van der Waals surface area contributed by atoms with Crippen molar-refractivity contribution in [3.05, 3.63) is 11.3 Å². The Kier molecular flexibility index (Phi) is 4.11. The van der Waals surface area contributed by atoms with Crippen LogP contribution < -0.4 is 16.4 Å². The smallest absolute Gasteiger partial charge is 0.216 e. The van der Waals surface area contributed by atoms with Crippen LogP contribution in [-0.4, -0.2) is 29.0 Å². The van der Waals surface area contributed by atoms with Crippen LogP contribution in [0.2, 0.25) is 5.02 Å². The molecule has 7 heteroatoms. The van der Waals surface area contributed by atoms with Crippen molar-refractivity contribution >= 4 is 29.1 Å². The molecular weight excluding hydrogens is 218 g/mol. The number of carbonyl (C=O) groups excluding carboxylic acids is 1. The zero-order chi connectivity index (χ0) is 11.3. The second-order valence-electron chi connectivity index (χ2n) is 2.83. The summed E-state index contributed by atoms with van der Waals surface area (Å²) in [6.45, 7) is 2.47. The molecule has 1 rings (SSSR count). The molecule has 0 aliphatic rings.